The van der Waals surface area contributed by atoms with Crippen LogP contribution in [0, 0.1) is 0 Å². The number of anilines is 1. The van der Waals surface area contributed by atoms with Gasteiger partial charge in [0.05, 0.1) is 12.8 Å². The van der Waals surface area contributed by atoms with Crippen LogP contribution in [0.5, 0.6) is 5.75 Å². The quantitative estimate of drug-likeness (QED) is 0.819. The molecule has 0 fully saturated rings. The second kappa shape index (κ2) is 6.15. The summed E-state index contributed by atoms with van der Waals surface area (Å²) in [6, 6.07) is 11.6. The molecule has 0 radical (unpaired) electrons. The van der Waals surface area contributed by atoms with Gasteiger partial charge in [-0.3, -0.25) is 4.98 Å². The number of pyridine rings is 1. The number of benzene rings is 1. The molecule has 0 aliphatic rings. The van der Waals surface area contributed by atoms with Gasteiger partial charge in [0.15, 0.2) is 0 Å². The third-order valence-corrected chi connectivity index (χ3v) is 2.88. The van der Waals surface area contributed by atoms with E-state index in [-0.39, 0.29) is 0 Å². The van der Waals surface area contributed by atoms with E-state index in [0.29, 0.717) is 17.2 Å². The summed E-state index contributed by atoms with van der Waals surface area (Å²) in [7, 11) is 1.65. The first-order valence-corrected chi connectivity index (χ1v) is 6.22. The van der Waals surface area contributed by atoms with Crippen LogP contribution in [0.1, 0.15) is 11.3 Å². The summed E-state index contributed by atoms with van der Waals surface area (Å²) >= 11 is 4.90. The van der Waals surface area contributed by atoms with E-state index in [0.717, 1.165) is 17.0 Å². The SMILES string of the molecule is COc1ccc(CNc2ccnc(C(N)=S)c2)cc1. The van der Waals surface area contributed by atoms with Gasteiger partial charge < -0.3 is 15.8 Å². The molecule has 4 nitrogen and oxygen atoms in total. The third-order valence-electron chi connectivity index (χ3n) is 2.67. The predicted octanol–water partition coefficient (Wildman–Crippen LogP) is 2.34. The lowest BCUT2D eigenvalue weighted by atomic mass is 10.2. The minimum atomic E-state index is 0.299. The van der Waals surface area contributed by atoms with Crippen LogP contribution in [0.4, 0.5) is 5.69 Å². The maximum absolute atomic E-state index is 5.55. The molecule has 2 rings (SSSR count). The van der Waals surface area contributed by atoms with Crippen LogP contribution in [0.3, 0.4) is 0 Å². The fourth-order valence-corrected chi connectivity index (χ4v) is 1.73. The first-order chi connectivity index (χ1) is 9.19. The molecule has 0 bridgehead atoms. The second-order valence-corrected chi connectivity index (χ2v) is 4.44. The number of nitrogens with zero attached hydrogens (tertiary/aromatic N) is 1. The summed E-state index contributed by atoms with van der Waals surface area (Å²) < 4.78 is 5.12. The van der Waals surface area contributed by atoms with Crippen molar-refractivity contribution in [2.45, 2.75) is 6.54 Å². The summed E-state index contributed by atoms with van der Waals surface area (Å²) in [5, 5.41) is 3.30. The zero-order chi connectivity index (χ0) is 13.7. The van der Waals surface area contributed by atoms with Crippen molar-refractivity contribution in [3.8, 4) is 5.75 Å². The average molecular weight is 273 g/mol. The highest BCUT2D eigenvalue weighted by Crippen LogP contribution is 2.14. The van der Waals surface area contributed by atoms with E-state index >= 15 is 0 Å². The highest BCUT2D eigenvalue weighted by molar-refractivity contribution is 7.80. The second-order valence-electron chi connectivity index (χ2n) is 4.00. The first kappa shape index (κ1) is 13.3. The van der Waals surface area contributed by atoms with Crippen LogP contribution < -0.4 is 15.8 Å². The molecule has 0 amide bonds. The lowest BCUT2D eigenvalue weighted by Gasteiger charge is -2.08. The van der Waals surface area contributed by atoms with Crippen LogP contribution in [0.15, 0.2) is 42.6 Å². The number of ether oxygens (including phenoxy) is 1. The molecule has 5 heteroatoms. The molecule has 1 heterocycles. The number of methoxy groups -OCH3 is 1. The predicted molar refractivity (Wildman–Crippen MR) is 80.4 cm³/mol. The standard InChI is InChI=1S/C14H15N3OS/c1-18-12-4-2-10(3-5-12)9-17-11-6-7-16-13(8-11)14(15)19/h2-8H,9H2,1H3,(H2,15,19)(H,16,17). The van der Waals surface area contributed by atoms with Crippen molar-refractivity contribution in [3.05, 3.63) is 53.9 Å². The van der Waals surface area contributed by atoms with Gasteiger partial charge in [-0.1, -0.05) is 24.4 Å². The van der Waals surface area contributed by atoms with Crippen molar-refractivity contribution >= 4 is 22.9 Å². The van der Waals surface area contributed by atoms with Crippen molar-refractivity contribution in [2.75, 3.05) is 12.4 Å². The Labute approximate surface area is 117 Å². The van der Waals surface area contributed by atoms with E-state index in [1.807, 2.05) is 36.4 Å². The van der Waals surface area contributed by atoms with Gasteiger partial charge in [0, 0.05) is 18.4 Å². The molecule has 0 unspecified atom stereocenters. The van der Waals surface area contributed by atoms with Crippen LogP contribution >= 0.6 is 12.2 Å². The summed E-state index contributed by atoms with van der Waals surface area (Å²) in [5.74, 6) is 0.850. The molecule has 0 aliphatic heterocycles. The highest BCUT2D eigenvalue weighted by Gasteiger charge is 2.00. The maximum atomic E-state index is 5.55. The van der Waals surface area contributed by atoms with Gasteiger partial charge in [0.25, 0.3) is 0 Å². The van der Waals surface area contributed by atoms with E-state index in [1.165, 1.54) is 0 Å². The Balaban J connectivity index is 2.01. The zero-order valence-corrected chi connectivity index (χ0v) is 11.4. The molecule has 0 spiro atoms. The smallest absolute Gasteiger partial charge is 0.122 e. The lowest BCUT2D eigenvalue weighted by molar-refractivity contribution is 0.414. The van der Waals surface area contributed by atoms with E-state index < -0.39 is 0 Å². The highest BCUT2D eigenvalue weighted by atomic mass is 32.1. The Morgan fingerprint density at radius 3 is 2.68 bits per heavy atom. The monoisotopic (exact) mass is 273 g/mol. The molecule has 0 atom stereocenters. The largest absolute Gasteiger partial charge is 0.497 e. The van der Waals surface area contributed by atoms with Gasteiger partial charge in [-0.25, -0.2) is 0 Å². The number of hydrogen-bond acceptors (Lipinski definition) is 4. The summed E-state index contributed by atoms with van der Waals surface area (Å²) in [4.78, 5) is 4.39. The van der Waals surface area contributed by atoms with Crippen molar-refractivity contribution < 1.29 is 4.74 Å². The molecular weight excluding hydrogens is 258 g/mol. The molecule has 98 valence electrons. The molecule has 3 N–H and O–H groups in total. The zero-order valence-electron chi connectivity index (χ0n) is 10.6. The van der Waals surface area contributed by atoms with Crippen LogP contribution in [0.2, 0.25) is 0 Å². The van der Waals surface area contributed by atoms with Gasteiger partial charge in [-0.05, 0) is 29.8 Å². The number of thiocarbonyl (C=S) groups is 1. The van der Waals surface area contributed by atoms with Crippen LogP contribution in [0.25, 0.3) is 0 Å². The fourth-order valence-electron chi connectivity index (χ4n) is 1.62. The summed E-state index contributed by atoms with van der Waals surface area (Å²) in [6.45, 7) is 0.713. The van der Waals surface area contributed by atoms with Gasteiger partial charge in [0.2, 0.25) is 0 Å². The third kappa shape index (κ3) is 3.66. The van der Waals surface area contributed by atoms with Crippen LogP contribution in [-0.4, -0.2) is 17.1 Å². The normalized spacial score (nSPS) is 9.95. The molecular formula is C14H15N3OS. The fraction of sp³-hybridized carbons (Fsp3) is 0.143. The maximum Gasteiger partial charge on any atom is 0.122 e. The number of nitrogens with two attached hydrogens (primary N) is 1. The van der Waals surface area contributed by atoms with Gasteiger partial charge in [-0.15, -0.1) is 0 Å². The first-order valence-electron chi connectivity index (χ1n) is 5.81. The Morgan fingerprint density at radius 1 is 1.32 bits per heavy atom. The molecule has 0 aliphatic carbocycles. The number of hydrogen-bond donors (Lipinski definition) is 2. The van der Waals surface area contributed by atoms with Crippen molar-refractivity contribution in [1.29, 1.82) is 0 Å². The summed E-state index contributed by atoms with van der Waals surface area (Å²) in [6.07, 6.45) is 1.69. The summed E-state index contributed by atoms with van der Waals surface area (Å²) in [5.41, 5.74) is 8.27. The van der Waals surface area contributed by atoms with E-state index in [4.69, 9.17) is 22.7 Å². The Bertz CT molecular complexity index is 569. The van der Waals surface area contributed by atoms with Crippen LogP contribution in [-0.2, 0) is 6.54 Å². The van der Waals surface area contributed by atoms with Crippen molar-refractivity contribution in [3.63, 3.8) is 0 Å². The molecule has 0 saturated carbocycles. The van der Waals surface area contributed by atoms with Crippen molar-refractivity contribution in [2.24, 2.45) is 5.73 Å². The molecule has 1 aromatic carbocycles. The van der Waals surface area contributed by atoms with E-state index in [1.54, 1.807) is 13.3 Å². The van der Waals surface area contributed by atoms with Gasteiger partial charge >= 0.3 is 0 Å². The minimum Gasteiger partial charge on any atom is -0.497 e. The average Bonchev–Trinajstić information content (AvgIpc) is 2.46. The van der Waals surface area contributed by atoms with Gasteiger partial charge in [-0.2, -0.15) is 0 Å². The lowest BCUT2D eigenvalue weighted by Crippen LogP contribution is -2.12. The molecule has 19 heavy (non-hydrogen) atoms. The van der Waals surface area contributed by atoms with Crippen molar-refractivity contribution in [1.82, 2.24) is 4.98 Å². The van der Waals surface area contributed by atoms with E-state index in [9.17, 15) is 0 Å². The van der Waals surface area contributed by atoms with E-state index in [2.05, 4.69) is 10.3 Å². The Hall–Kier alpha value is -2.14. The topological polar surface area (TPSA) is 60.2 Å². The Kier molecular flexibility index (Phi) is 4.30. The molecule has 1 aromatic heterocycles. The van der Waals surface area contributed by atoms with Gasteiger partial charge in [0.1, 0.15) is 10.7 Å². The number of nitrogens with one attached hydrogen (secondary N) is 1. The number of rotatable bonds is 5. The number of aromatic nitrogens is 1. The minimum absolute atomic E-state index is 0.299. The Morgan fingerprint density at radius 2 is 2.05 bits per heavy atom. The molecule has 0 saturated heterocycles. The molecule has 2 aromatic rings.